The molecule has 1 aliphatic rings. The molecule has 1 amide bonds. The number of hydrogen-bond donors (Lipinski definition) is 1. The first-order valence-corrected chi connectivity index (χ1v) is 10.8. The third-order valence-electron chi connectivity index (χ3n) is 5.71. The number of hydrogen-bond acceptors (Lipinski definition) is 5. The van der Waals surface area contributed by atoms with E-state index in [1.807, 2.05) is 72.5 Å². The molecule has 1 fully saturated rings. The molecular weight excluding hydrogens is 388 g/mol. The molecule has 2 heterocycles. The van der Waals surface area contributed by atoms with Crippen molar-refractivity contribution in [1.29, 1.82) is 0 Å². The normalized spacial score (nSPS) is 18.5. The summed E-state index contributed by atoms with van der Waals surface area (Å²) in [5, 5.41) is 3.47. The van der Waals surface area contributed by atoms with Crippen LogP contribution in [-0.2, 0) is 0 Å². The molecule has 0 spiro atoms. The average molecular weight is 417 g/mol. The number of aromatic nitrogens is 2. The monoisotopic (exact) mass is 416 g/mol. The van der Waals surface area contributed by atoms with E-state index in [0.717, 1.165) is 30.6 Å². The number of carbonyl (C=O) groups excluding carboxylic acids is 1. The van der Waals surface area contributed by atoms with E-state index in [4.69, 9.17) is 9.72 Å². The molecule has 6 heteroatoms. The topological polar surface area (TPSA) is 67.3 Å². The van der Waals surface area contributed by atoms with Crippen molar-refractivity contribution in [3.63, 3.8) is 0 Å². The highest BCUT2D eigenvalue weighted by Crippen LogP contribution is 2.26. The van der Waals surface area contributed by atoms with Crippen LogP contribution in [0.4, 0.5) is 5.95 Å². The maximum atomic E-state index is 13.3. The first-order chi connectivity index (χ1) is 15.2. The third kappa shape index (κ3) is 4.68. The van der Waals surface area contributed by atoms with Gasteiger partial charge in [-0.25, -0.2) is 9.97 Å². The van der Waals surface area contributed by atoms with Crippen molar-refractivity contribution in [2.24, 2.45) is 0 Å². The summed E-state index contributed by atoms with van der Waals surface area (Å²) < 4.78 is 5.68. The first-order valence-electron chi connectivity index (χ1n) is 10.8. The van der Waals surface area contributed by atoms with Crippen LogP contribution in [0.1, 0.15) is 37.0 Å². The Hall–Kier alpha value is -3.41. The molecule has 31 heavy (non-hydrogen) atoms. The molecule has 1 saturated heterocycles. The molecule has 1 aliphatic heterocycles. The molecule has 0 aliphatic carbocycles. The number of carbonyl (C=O) groups is 1. The van der Waals surface area contributed by atoms with Gasteiger partial charge < -0.3 is 15.0 Å². The van der Waals surface area contributed by atoms with Crippen molar-refractivity contribution in [2.75, 3.05) is 18.5 Å². The molecular formula is C25H28N4O2. The van der Waals surface area contributed by atoms with Crippen LogP contribution in [0.2, 0.25) is 0 Å². The fourth-order valence-electron chi connectivity index (χ4n) is 4.07. The molecule has 4 rings (SSSR count). The van der Waals surface area contributed by atoms with E-state index < -0.39 is 0 Å². The molecule has 0 radical (unpaired) electrons. The summed E-state index contributed by atoms with van der Waals surface area (Å²) in [6.07, 6.45) is 3.65. The second kappa shape index (κ2) is 9.60. The van der Waals surface area contributed by atoms with E-state index in [2.05, 4.69) is 17.2 Å². The van der Waals surface area contributed by atoms with Crippen LogP contribution in [0, 0.1) is 0 Å². The predicted molar refractivity (Wildman–Crippen MR) is 122 cm³/mol. The largest absolute Gasteiger partial charge is 0.493 e. The second-order valence-corrected chi connectivity index (χ2v) is 7.69. The number of anilines is 1. The zero-order chi connectivity index (χ0) is 21.6. The molecule has 2 atom stereocenters. The molecule has 0 saturated carbocycles. The Labute approximate surface area is 183 Å². The van der Waals surface area contributed by atoms with Gasteiger partial charge in [-0.3, -0.25) is 4.79 Å². The maximum absolute atomic E-state index is 13.3. The summed E-state index contributed by atoms with van der Waals surface area (Å²) in [5.74, 6) is 1.22. The van der Waals surface area contributed by atoms with Crippen LogP contribution >= 0.6 is 0 Å². The lowest BCUT2D eigenvalue weighted by Gasteiger charge is -2.40. The van der Waals surface area contributed by atoms with Crippen LogP contribution in [0.5, 0.6) is 5.75 Å². The number of ether oxygens (including phenoxy) is 1. The summed E-state index contributed by atoms with van der Waals surface area (Å²) >= 11 is 0. The van der Waals surface area contributed by atoms with Gasteiger partial charge >= 0.3 is 0 Å². The Bertz CT molecular complexity index is 1020. The van der Waals surface area contributed by atoms with Gasteiger partial charge in [-0.15, -0.1) is 0 Å². The van der Waals surface area contributed by atoms with Crippen LogP contribution in [0.15, 0.2) is 66.9 Å². The molecule has 0 bridgehead atoms. The quantitative estimate of drug-likeness (QED) is 0.634. The smallest absolute Gasteiger partial charge is 0.257 e. The minimum absolute atomic E-state index is 0.0000796. The van der Waals surface area contributed by atoms with E-state index >= 15 is 0 Å². The van der Waals surface area contributed by atoms with Crippen molar-refractivity contribution in [3.05, 3.63) is 72.4 Å². The number of para-hydroxylation sites is 1. The number of amides is 1. The van der Waals surface area contributed by atoms with E-state index in [1.54, 1.807) is 6.20 Å². The second-order valence-electron chi connectivity index (χ2n) is 7.69. The van der Waals surface area contributed by atoms with Gasteiger partial charge in [-0.1, -0.05) is 42.5 Å². The Balaban J connectivity index is 1.51. The maximum Gasteiger partial charge on any atom is 0.257 e. The van der Waals surface area contributed by atoms with E-state index in [1.165, 1.54) is 0 Å². The minimum Gasteiger partial charge on any atom is -0.493 e. The Morgan fingerprint density at radius 2 is 1.90 bits per heavy atom. The Morgan fingerprint density at radius 1 is 1.13 bits per heavy atom. The van der Waals surface area contributed by atoms with Gasteiger partial charge in [0.1, 0.15) is 5.75 Å². The number of piperidine rings is 1. The highest BCUT2D eigenvalue weighted by molar-refractivity contribution is 5.97. The summed E-state index contributed by atoms with van der Waals surface area (Å²) in [6.45, 7) is 5.26. The lowest BCUT2D eigenvalue weighted by Crippen LogP contribution is -2.52. The summed E-state index contributed by atoms with van der Waals surface area (Å²) in [6, 6.07) is 19.5. The lowest BCUT2D eigenvalue weighted by molar-refractivity contribution is 0.0612. The lowest BCUT2D eigenvalue weighted by atomic mass is 9.96. The van der Waals surface area contributed by atoms with Gasteiger partial charge in [0.05, 0.1) is 17.9 Å². The van der Waals surface area contributed by atoms with E-state index in [-0.39, 0.29) is 18.0 Å². The number of nitrogens with zero attached hydrogens (tertiary/aromatic N) is 3. The Kier molecular flexibility index (Phi) is 6.46. The molecule has 0 unspecified atom stereocenters. The fourth-order valence-corrected chi connectivity index (χ4v) is 4.07. The van der Waals surface area contributed by atoms with Crippen molar-refractivity contribution in [3.8, 4) is 17.0 Å². The number of rotatable bonds is 6. The van der Waals surface area contributed by atoms with Crippen LogP contribution in [-0.4, -0.2) is 46.0 Å². The van der Waals surface area contributed by atoms with Gasteiger partial charge in [-0.2, -0.15) is 0 Å². The fraction of sp³-hybridized carbons (Fsp3) is 0.320. The molecule has 6 nitrogen and oxygen atoms in total. The van der Waals surface area contributed by atoms with E-state index in [0.29, 0.717) is 23.9 Å². The van der Waals surface area contributed by atoms with Gasteiger partial charge in [0.15, 0.2) is 0 Å². The van der Waals surface area contributed by atoms with Crippen molar-refractivity contribution in [1.82, 2.24) is 14.9 Å². The first kappa shape index (κ1) is 20.8. The number of nitrogens with one attached hydrogen (secondary N) is 1. The van der Waals surface area contributed by atoms with Gasteiger partial charge in [0, 0.05) is 30.4 Å². The number of benzene rings is 2. The summed E-state index contributed by atoms with van der Waals surface area (Å²) in [4.78, 5) is 24.4. The van der Waals surface area contributed by atoms with Crippen molar-refractivity contribution < 1.29 is 9.53 Å². The highest BCUT2D eigenvalue weighted by Gasteiger charge is 2.33. The van der Waals surface area contributed by atoms with Crippen LogP contribution < -0.4 is 10.1 Å². The highest BCUT2D eigenvalue weighted by atomic mass is 16.5. The summed E-state index contributed by atoms with van der Waals surface area (Å²) in [5.41, 5.74) is 2.54. The molecule has 160 valence electrons. The third-order valence-corrected chi connectivity index (χ3v) is 5.71. The molecule has 2 aromatic carbocycles. The number of likely N-dealkylation sites (tertiary alicyclic amines) is 1. The minimum atomic E-state index is -0.0000796. The zero-order valence-electron chi connectivity index (χ0n) is 18.0. The van der Waals surface area contributed by atoms with Crippen LogP contribution in [0.25, 0.3) is 11.3 Å². The Morgan fingerprint density at radius 3 is 2.71 bits per heavy atom. The van der Waals surface area contributed by atoms with Crippen LogP contribution in [0.3, 0.4) is 0 Å². The molecule has 3 aromatic rings. The average Bonchev–Trinajstić information content (AvgIpc) is 2.81. The van der Waals surface area contributed by atoms with Crippen molar-refractivity contribution >= 4 is 11.9 Å². The standard InChI is InChI=1S/C25H28N4O2/c1-3-31-23-14-8-7-12-20(23)24(30)29-17-9-13-21(18(29)2)27-25-26-16-15-22(28-25)19-10-5-4-6-11-19/h4-8,10-12,14-16,18,21H,3,9,13,17H2,1-2H3,(H,26,27,28)/t18-,21-/m0/s1. The zero-order valence-corrected chi connectivity index (χ0v) is 18.0. The van der Waals surface area contributed by atoms with Gasteiger partial charge in [0.25, 0.3) is 5.91 Å². The molecule has 1 N–H and O–H groups in total. The van der Waals surface area contributed by atoms with Gasteiger partial charge in [-0.05, 0) is 44.9 Å². The van der Waals surface area contributed by atoms with E-state index in [9.17, 15) is 4.79 Å². The molecule has 1 aromatic heterocycles. The van der Waals surface area contributed by atoms with Crippen molar-refractivity contribution in [2.45, 2.75) is 38.8 Å². The predicted octanol–water partition coefficient (Wildman–Crippen LogP) is 4.65. The van der Waals surface area contributed by atoms with Gasteiger partial charge in [0.2, 0.25) is 5.95 Å². The SMILES string of the molecule is CCOc1ccccc1C(=O)N1CCC[C@H](Nc2nccc(-c3ccccc3)n2)[C@@H]1C. The summed E-state index contributed by atoms with van der Waals surface area (Å²) in [7, 11) is 0.